The first-order valence-electron chi connectivity index (χ1n) is 10.1. The quantitative estimate of drug-likeness (QED) is 0.611. The van der Waals surface area contributed by atoms with E-state index in [-0.39, 0.29) is 29.5 Å². The molecule has 0 atom stereocenters. The number of nitrogens with one attached hydrogen (secondary N) is 2. The zero-order valence-corrected chi connectivity index (χ0v) is 19.1. The van der Waals surface area contributed by atoms with Gasteiger partial charge in [0.2, 0.25) is 11.8 Å². The Hall–Kier alpha value is -2.47. The molecule has 0 aliphatic carbocycles. The maximum atomic E-state index is 12.3. The summed E-state index contributed by atoms with van der Waals surface area (Å²) >= 11 is 5.93. The lowest BCUT2D eigenvalue weighted by atomic mass is 9.94. The fraction of sp³-hybridized carbons (Fsp3) is 0.478. The van der Waals surface area contributed by atoms with Gasteiger partial charge in [0.1, 0.15) is 5.75 Å². The van der Waals surface area contributed by atoms with Gasteiger partial charge in [0.15, 0.2) is 0 Å². The summed E-state index contributed by atoms with van der Waals surface area (Å²) in [5.41, 5.74) is 0.655. The summed E-state index contributed by atoms with van der Waals surface area (Å²) in [5, 5.41) is 16.2. The van der Waals surface area contributed by atoms with Crippen LogP contribution >= 0.6 is 11.6 Å². The molecule has 0 radical (unpaired) electrons. The van der Waals surface area contributed by atoms with Gasteiger partial charge in [-0.2, -0.15) is 0 Å². The largest absolute Gasteiger partial charge is 0.508 e. The zero-order chi connectivity index (χ0) is 22.5. The second-order valence-corrected chi connectivity index (χ2v) is 9.63. The second-order valence-electron chi connectivity index (χ2n) is 9.19. The summed E-state index contributed by atoms with van der Waals surface area (Å²) < 4.78 is 0. The highest BCUT2D eigenvalue weighted by Crippen LogP contribution is 2.23. The number of hydrogen-bond acceptors (Lipinski definition) is 4. The van der Waals surface area contributed by atoms with Gasteiger partial charge in [0.05, 0.1) is 6.42 Å². The van der Waals surface area contributed by atoms with Crippen molar-refractivity contribution >= 4 is 23.4 Å². The topological polar surface area (TPSA) is 81.7 Å². The first-order valence-corrected chi connectivity index (χ1v) is 10.5. The number of carbonyl (C=O) groups excluding carboxylic acids is 2. The molecule has 1 aliphatic rings. The number of amides is 2. The summed E-state index contributed by atoms with van der Waals surface area (Å²) in [6.45, 7) is 11.2. The van der Waals surface area contributed by atoms with E-state index >= 15 is 0 Å². The van der Waals surface area contributed by atoms with Crippen LogP contribution in [0, 0.1) is 5.41 Å². The monoisotopic (exact) mass is 433 g/mol. The molecule has 3 N–H and O–H groups in total. The van der Waals surface area contributed by atoms with E-state index in [1.54, 1.807) is 12.1 Å². The van der Waals surface area contributed by atoms with E-state index in [1.165, 1.54) is 6.07 Å². The van der Waals surface area contributed by atoms with E-state index in [9.17, 15) is 14.7 Å². The average molecular weight is 434 g/mol. The number of allylic oxidation sites excluding steroid dienone is 1. The van der Waals surface area contributed by atoms with Crippen LogP contribution in [0.4, 0.5) is 0 Å². The molecule has 0 fully saturated rings. The van der Waals surface area contributed by atoms with Crippen LogP contribution < -0.4 is 10.6 Å². The predicted molar refractivity (Wildman–Crippen MR) is 120 cm³/mol. The summed E-state index contributed by atoms with van der Waals surface area (Å²) in [6.07, 6.45) is 6.60. The van der Waals surface area contributed by atoms with Crippen molar-refractivity contribution in [1.82, 2.24) is 15.5 Å². The Morgan fingerprint density at radius 1 is 1.20 bits per heavy atom. The molecule has 1 aliphatic heterocycles. The van der Waals surface area contributed by atoms with Crippen molar-refractivity contribution in [3.05, 3.63) is 52.8 Å². The van der Waals surface area contributed by atoms with Crippen molar-refractivity contribution in [2.45, 2.75) is 53.0 Å². The Kier molecular flexibility index (Phi) is 7.59. The maximum Gasteiger partial charge on any atom is 0.228 e. The van der Waals surface area contributed by atoms with Crippen molar-refractivity contribution in [2.75, 3.05) is 13.1 Å². The molecule has 2 rings (SSSR count). The Morgan fingerprint density at radius 3 is 2.50 bits per heavy atom. The molecule has 0 unspecified atom stereocenters. The van der Waals surface area contributed by atoms with Crippen molar-refractivity contribution in [2.24, 2.45) is 5.41 Å². The molecule has 1 aromatic carbocycles. The van der Waals surface area contributed by atoms with Gasteiger partial charge in [-0.15, -0.1) is 0 Å². The summed E-state index contributed by atoms with van der Waals surface area (Å²) in [4.78, 5) is 26.5. The first kappa shape index (κ1) is 23.8. The lowest BCUT2D eigenvalue weighted by Gasteiger charge is -2.39. The van der Waals surface area contributed by atoms with Gasteiger partial charge in [0, 0.05) is 46.5 Å². The van der Waals surface area contributed by atoms with Crippen LogP contribution in [-0.4, -0.2) is 40.4 Å². The van der Waals surface area contributed by atoms with Gasteiger partial charge < -0.3 is 20.6 Å². The van der Waals surface area contributed by atoms with E-state index in [4.69, 9.17) is 11.6 Å². The number of carbonyl (C=O) groups is 2. The van der Waals surface area contributed by atoms with Gasteiger partial charge in [0.25, 0.3) is 0 Å². The third kappa shape index (κ3) is 6.80. The summed E-state index contributed by atoms with van der Waals surface area (Å²) in [5.74, 6) is -0.126. The standard InChI is InChI=1S/C23H32ClN3O3/c1-22(2,3)21(30)25-11-10-23(4,5)27-12-8-18(9-13-27)26-20(29)15-16-14-17(24)6-7-19(16)28/h6-9,12,14,28H,10-11,13,15H2,1-5H3,(H,25,30)(H,26,29). The SMILES string of the molecule is CC(C)(C)C(=O)NCCC(C)(C)N1C=CC(NC(=O)Cc2cc(Cl)ccc2O)=CC1. The third-order valence-corrected chi connectivity index (χ3v) is 5.33. The summed E-state index contributed by atoms with van der Waals surface area (Å²) in [6, 6.07) is 4.65. The summed E-state index contributed by atoms with van der Waals surface area (Å²) in [7, 11) is 0. The molecular formula is C23H32ClN3O3. The normalized spacial score (nSPS) is 14.3. The lowest BCUT2D eigenvalue weighted by Crippen LogP contribution is -2.45. The van der Waals surface area contributed by atoms with E-state index in [2.05, 4.69) is 29.4 Å². The number of benzene rings is 1. The minimum atomic E-state index is -0.396. The molecule has 0 spiro atoms. The highest BCUT2D eigenvalue weighted by molar-refractivity contribution is 6.30. The number of phenolic OH excluding ortho intramolecular Hbond substituents is 1. The van der Waals surface area contributed by atoms with E-state index in [0.29, 0.717) is 23.7 Å². The molecule has 7 heteroatoms. The van der Waals surface area contributed by atoms with Crippen molar-refractivity contribution in [3.63, 3.8) is 0 Å². The average Bonchev–Trinajstić information content (AvgIpc) is 2.64. The number of phenols is 1. The fourth-order valence-corrected chi connectivity index (χ4v) is 3.20. The Balaban J connectivity index is 1.85. The van der Waals surface area contributed by atoms with E-state index in [1.807, 2.05) is 39.1 Å². The zero-order valence-electron chi connectivity index (χ0n) is 18.4. The molecular weight excluding hydrogens is 402 g/mol. The number of rotatable bonds is 7. The fourth-order valence-electron chi connectivity index (χ4n) is 3.00. The number of halogens is 1. The first-order chi connectivity index (χ1) is 13.9. The van der Waals surface area contributed by atoms with Gasteiger partial charge in [-0.1, -0.05) is 32.4 Å². The van der Waals surface area contributed by atoms with E-state index < -0.39 is 5.41 Å². The number of nitrogens with zero attached hydrogens (tertiary/aromatic N) is 1. The minimum Gasteiger partial charge on any atom is -0.508 e. The number of hydrogen-bond donors (Lipinski definition) is 3. The van der Waals surface area contributed by atoms with Gasteiger partial charge in [-0.05, 0) is 50.6 Å². The molecule has 0 aromatic heterocycles. The van der Waals surface area contributed by atoms with Crippen LogP contribution in [0.5, 0.6) is 5.75 Å². The maximum absolute atomic E-state index is 12.3. The van der Waals surface area contributed by atoms with Crippen molar-refractivity contribution in [1.29, 1.82) is 0 Å². The molecule has 0 bridgehead atoms. The Bertz CT molecular complexity index is 854. The molecule has 30 heavy (non-hydrogen) atoms. The minimum absolute atomic E-state index is 0.0419. The molecule has 1 aromatic rings. The number of aromatic hydroxyl groups is 1. The molecule has 0 saturated carbocycles. The molecule has 2 amide bonds. The molecule has 164 valence electrons. The van der Waals surface area contributed by atoms with Gasteiger partial charge in [-0.3, -0.25) is 9.59 Å². The molecule has 1 heterocycles. The van der Waals surface area contributed by atoms with Crippen LogP contribution in [0.25, 0.3) is 0 Å². The second kappa shape index (κ2) is 9.56. The Labute approximate surface area is 184 Å². The highest BCUT2D eigenvalue weighted by Gasteiger charge is 2.26. The van der Waals surface area contributed by atoms with Crippen LogP contribution in [0.2, 0.25) is 5.02 Å². The molecule has 0 saturated heterocycles. The lowest BCUT2D eigenvalue weighted by molar-refractivity contribution is -0.128. The van der Waals surface area contributed by atoms with Crippen LogP contribution in [0.15, 0.2) is 42.2 Å². The third-order valence-electron chi connectivity index (χ3n) is 5.10. The molecule has 6 nitrogen and oxygen atoms in total. The van der Waals surface area contributed by atoms with Crippen molar-refractivity contribution in [3.8, 4) is 5.75 Å². The predicted octanol–water partition coefficient (Wildman–Crippen LogP) is 3.75. The van der Waals surface area contributed by atoms with Crippen LogP contribution in [0.3, 0.4) is 0 Å². The van der Waals surface area contributed by atoms with Gasteiger partial charge >= 0.3 is 0 Å². The smallest absolute Gasteiger partial charge is 0.228 e. The van der Waals surface area contributed by atoms with Gasteiger partial charge in [-0.25, -0.2) is 0 Å². The van der Waals surface area contributed by atoms with Crippen LogP contribution in [0.1, 0.15) is 46.6 Å². The van der Waals surface area contributed by atoms with E-state index in [0.717, 1.165) is 12.1 Å². The van der Waals surface area contributed by atoms with Crippen molar-refractivity contribution < 1.29 is 14.7 Å². The highest BCUT2D eigenvalue weighted by atomic mass is 35.5. The Morgan fingerprint density at radius 2 is 1.90 bits per heavy atom. The van der Waals surface area contributed by atoms with Crippen LogP contribution in [-0.2, 0) is 16.0 Å².